The molecule has 3 N–H and O–H groups in total. The van der Waals surface area contributed by atoms with Crippen molar-refractivity contribution in [3.05, 3.63) is 48.8 Å². The predicted molar refractivity (Wildman–Crippen MR) is 119 cm³/mol. The van der Waals surface area contributed by atoms with E-state index in [2.05, 4.69) is 25.3 Å². The lowest BCUT2D eigenvalue weighted by molar-refractivity contribution is 0.102. The molecule has 4 heterocycles. The number of halogens is 1. The van der Waals surface area contributed by atoms with Crippen LogP contribution in [-0.2, 0) is 7.05 Å². The van der Waals surface area contributed by atoms with Gasteiger partial charge < -0.3 is 20.4 Å². The SMILES string of the molecule is Cn1nc2cc(N3CCC(F)CC3)c(NC(=O)c3cocn3)cc2c1-c1ccnc(N)c1. The van der Waals surface area contributed by atoms with Crippen LogP contribution in [-0.4, -0.2) is 44.9 Å². The van der Waals surface area contributed by atoms with E-state index in [0.29, 0.717) is 37.4 Å². The summed E-state index contributed by atoms with van der Waals surface area (Å²) < 4.78 is 20.5. The number of aromatic nitrogens is 4. The summed E-state index contributed by atoms with van der Waals surface area (Å²) in [6, 6.07) is 7.47. The second kappa shape index (κ2) is 7.95. The number of aryl methyl sites for hydroxylation is 1. The van der Waals surface area contributed by atoms with Gasteiger partial charge in [-0.25, -0.2) is 14.4 Å². The molecule has 0 bridgehead atoms. The van der Waals surface area contributed by atoms with E-state index in [-0.39, 0.29) is 5.69 Å². The van der Waals surface area contributed by atoms with Crippen LogP contribution in [0.5, 0.6) is 0 Å². The van der Waals surface area contributed by atoms with E-state index in [1.165, 1.54) is 12.7 Å². The van der Waals surface area contributed by atoms with Crippen LogP contribution in [0.2, 0.25) is 0 Å². The maximum absolute atomic E-state index is 13.8. The monoisotopic (exact) mass is 435 g/mol. The molecule has 1 aliphatic rings. The molecule has 1 aromatic carbocycles. The molecule has 0 radical (unpaired) electrons. The van der Waals surface area contributed by atoms with Crippen LogP contribution in [0.15, 0.2) is 47.5 Å². The molecule has 1 amide bonds. The van der Waals surface area contributed by atoms with E-state index in [0.717, 1.165) is 27.8 Å². The maximum atomic E-state index is 13.8. The number of nitrogen functional groups attached to an aromatic ring is 1. The fourth-order valence-electron chi connectivity index (χ4n) is 4.14. The predicted octanol–water partition coefficient (Wildman–Crippen LogP) is 3.40. The first-order valence-electron chi connectivity index (χ1n) is 10.3. The standard InChI is InChI=1S/C22H22FN7O2/c1-29-21(13-2-5-25-20(24)8-13)15-9-17(27-22(31)18-11-32-12-26-18)19(10-16(15)28-29)30-6-3-14(23)4-7-30/h2,5,8-12,14H,3-4,6-7H2,1H3,(H2,24,25)(H,27,31). The van der Waals surface area contributed by atoms with E-state index >= 15 is 0 Å². The van der Waals surface area contributed by atoms with Gasteiger partial charge in [0.1, 0.15) is 18.3 Å². The average molecular weight is 435 g/mol. The number of anilines is 3. The third-order valence-electron chi connectivity index (χ3n) is 5.68. The van der Waals surface area contributed by atoms with Gasteiger partial charge in [0.05, 0.1) is 22.6 Å². The maximum Gasteiger partial charge on any atom is 0.277 e. The number of oxazole rings is 1. The number of pyridine rings is 1. The highest BCUT2D eigenvalue weighted by molar-refractivity contribution is 6.07. The average Bonchev–Trinajstić information content (AvgIpc) is 3.41. The summed E-state index contributed by atoms with van der Waals surface area (Å²) in [5.41, 5.74) is 9.92. The Morgan fingerprint density at radius 1 is 1.25 bits per heavy atom. The molecule has 3 aromatic heterocycles. The fourth-order valence-corrected chi connectivity index (χ4v) is 4.14. The highest BCUT2D eigenvalue weighted by Crippen LogP contribution is 2.37. The molecule has 10 heteroatoms. The Kier molecular flexibility index (Phi) is 4.96. The van der Waals surface area contributed by atoms with Crippen molar-refractivity contribution in [3.63, 3.8) is 0 Å². The van der Waals surface area contributed by atoms with Crippen molar-refractivity contribution in [1.29, 1.82) is 0 Å². The van der Waals surface area contributed by atoms with Crippen LogP contribution in [0.3, 0.4) is 0 Å². The molecule has 164 valence electrons. The van der Waals surface area contributed by atoms with E-state index in [4.69, 9.17) is 10.2 Å². The smallest absolute Gasteiger partial charge is 0.277 e. The third-order valence-corrected chi connectivity index (χ3v) is 5.68. The summed E-state index contributed by atoms with van der Waals surface area (Å²) in [7, 11) is 1.86. The molecule has 1 aliphatic heterocycles. The largest absolute Gasteiger partial charge is 0.451 e. The molecule has 0 atom stereocenters. The number of hydrogen-bond acceptors (Lipinski definition) is 7. The van der Waals surface area contributed by atoms with Crippen molar-refractivity contribution in [2.45, 2.75) is 19.0 Å². The summed E-state index contributed by atoms with van der Waals surface area (Å²) in [6.45, 7) is 1.11. The quantitative estimate of drug-likeness (QED) is 0.505. The molecule has 4 aromatic rings. The first-order chi connectivity index (χ1) is 15.5. The van der Waals surface area contributed by atoms with Gasteiger partial charge in [0, 0.05) is 37.3 Å². The number of fused-ring (bicyclic) bond motifs is 1. The topological polar surface area (TPSA) is 115 Å². The normalized spacial score (nSPS) is 14.8. The lowest BCUT2D eigenvalue weighted by Gasteiger charge is -2.32. The zero-order valence-corrected chi connectivity index (χ0v) is 17.5. The van der Waals surface area contributed by atoms with Gasteiger partial charge in [-0.1, -0.05) is 0 Å². The van der Waals surface area contributed by atoms with E-state index in [9.17, 15) is 9.18 Å². The molecule has 9 nitrogen and oxygen atoms in total. The van der Waals surface area contributed by atoms with Gasteiger partial charge in [-0.15, -0.1) is 0 Å². The first kappa shape index (κ1) is 20.0. The first-order valence-corrected chi connectivity index (χ1v) is 10.3. The van der Waals surface area contributed by atoms with Crippen LogP contribution in [0.4, 0.5) is 21.6 Å². The Bertz CT molecular complexity index is 1280. The van der Waals surface area contributed by atoms with Crippen molar-refractivity contribution in [1.82, 2.24) is 19.7 Å². The van der Waals surface area contributed by atoms with Gasteiger partial charge in [0.2, 0.25) is 0 Å². The summed E-state index contributed by atoms with van der Waals surface area (Å²) in [6.07, 6.45) is 4.22. The lowest BCUT2D eigenvalue weighted by atomic mass is 10.0. The number of carbonyl (C=O) groups is 1. The highest BCUT2D eigenvalue weighted by atomic mass is 19.1. The molecule has 0 unspecified atom stereocenters. The molecule has 0 aliphatic carbocycles. The fraction of sp³-hybridized carbons (Fsp3) is 0.273. The molecular weight excluding hydrogens is 413 g/mol. The van der Waals surface area contributed by atoms with Gasteiger partial charge in [-0.2, -0.15) is 5.10 Å². The number of nitrogens with two attached hydrogens (primary N) is 1. The van der Waals surface area contributed by atoms with Crippen molar-refractivity contribution in [3.8, 4) is 11.3 Å². The number of alkyl halides is 1. The zero-order valence-electron chi connectivity index (χ0n) is 17.5. The van der Waals surface area contributed by atoms with Crippen LogP contribution in [0, 0.1) is 0 Å². The highest BCUT2D eigenvalue weighted by Gasteiger charge is 2.24. The van der Waals surface area contributed by atoms with Crippen LogP contribution in [0.25, 0.3) is 22.2 Å². The molecule has 32 heavy (non-hydrogen) atoms. The van der Waals surface area contributed by atoms with Gasteiger partial charge in [0.15, 0.2) is 12.1 Å². The molecule has 0 saturated carbocycles. The number of amides is 1. The zero-order chi connectivity index (χ0) is 22.2. The van der Waals surface area contributed by atoms with Crippen LogP contribution < -0.4 is 16.0 Å². The van der Waals surface area contributed by atoms with E-state index < -0.39 is 12.1 Å². The number of hydrogen-bond donors (Lipinski definition) is 2. The van der Waals surface area contributed by atoms with Gasteiger partial charge >= 0.3 is 0 Å². The number of piperidine rings is 1. The molecule has 1 fully saturated rings. The minimum absolute atomic E-state index is 0.173. The Balaban J connectivity index is 1.63. The summed E-state index contributed by atoms with van der Waals surface area (Å²) in [5.74, 6) is 0.0143. The minimum Gasteiger partial charge on any atom is -0.451 e. The number of nitrogens with one attached hydrogen (secondary N) is 1. The minimum atomic E-state index is -0.804. The number of rotatable bonds is 4. The summed E-state index contributed by atoms with van der Waals surface area (Å²) >= 11 is 0. The van der Waals surface area contributed by atoms with Crippen LogP contribution >= 0.6 is 0 Å². The van der Waals surface area contributed by atoms with Crippen molar-refractivity contribution < 1.29 is 13.6 Å². The number of benzene rings is 1. The van der Waals surface area contributed by atoms with Crippen molar-refractivity contribution >= 4 is 34.0 Å². The second-order valence-corrected chi connectivity index (χ2v) is 7.82. The Morgan fingerprint density at radius 3 is 2.78 bits per heavy atom. The van der Waals surface area contributed by atoms with E-state index in [1.54, 1.807) is 16.9 Å². The lowest BCUT2D eigenvalue weighted by Crippen LogP contribution is -2.35. The van der Waals surface area contributed by atoms with Gasteiger partial charge in [0.25, 0.3) is 5.91 Å². The van der Waals surface area contributed by atoms with Crippen molar-refractivity contribution in [2.24, 2.45) is 7.05 Å². The van der Waals surface area contributed by atoms with E-state index in [1.807, 2.05) is 25.2 Å². The number of nitrogens with zero attached hydrogens (tertiary/aromatic N) is 5. The Labute approximate surface area is 183 Å². The summed E-state index contributed by atoms with van der Waals surface area (Å²) in [4.78, 5) is 22.8. The Hall–Kier alpha value is -3.95. The second-order valence-electron chi connectivity index (χ2n) is 7.82. The van der Waals surface area contributed by atoms with Gasteiger partial charge in [-0.3, -0.25) is 9.48 Å². The molecular formula is C22H22FN7O2. The van der Waals surface area contributed by atoms with Gasteiger partial charge in [-0.05, 0) is 37.1 Å². The third kappa shape index (κ3) is 3.64. The molecule has 5 rings (SSSR count). The van der Waals surface area contributed by atoms with Crippen LogP contribution in [0.1, 0.15) is 23.3 Å². The summed E-state index contributed by atoms with van der Waals surface area (Å²) in [5, 5.41) is 8.46. The molecule has 0 spiro atoms. The number of carbonyl (C=O) groups excluding carboxylic acids is 1. The molecule has 1 saturated heterocycles. The Morgan fingerprint density at radius 2 is 2.06 bits per heavy atom. The van der Waals surface area contributed by atoms with Crippen molar-refractivity contribution in [2.75, 3.05) is 29.0 Å².